The van der Waals surface area contributed by atoms with Crippen molar-refractivity contribution < 1.29 is 22.7 Å². The number of aromatic nitrogens is 2. The van der Waals surface area contributed by atoms with Crippen LogP contribution in [0.3, 0.4) is 0 Å². The molecule has 3 aromatic rings. The second-order valence-corrected chi connectivity index (χ2v) is 5.80. The van der Waals surface area contributed by atoms with Crippen LogP contribution in [0, 0.1) is 6.92 Å². The van der Waals surface area contributed by atoms with Crippen LogP contribution in [0.1, 0.15) is 16.2 Å². The van der Waals surface area contributed by atoms with Crippen molar-refractivity contribution in [1.29, 1.82) is 0 Å². The first-order valence-corrected chi connectivity index (χ1v) is 8.05. The molecule has 0 aliphatic carbocycles. The molecule has 0 atom stereocenters. The van der Waals surface area contributed by atoms with E-state index in [2.05, 4.69) is 15.2 Å². The third-order valence-corrected chi connectivity index (χ3v) is 3.62. The quantitative estimate of drug-likeness (QED) is 0.720. The lowest BCUT2D eigenvalue weighted by Gasteiger charge is -2.10. The molecule has 2 aromatic carbocycles. The molecule has 1 aromatic heterocycles. The maximum Gasteiger partial charge on any atom is 0.422 e. The molecule has 0 unspecified atom stereocenters. The van der Waals surface area contributed by atoms with Gasteiger partial charge in [-0.15, -0.1) is 0 Å². The predicted molar refractivity (Wildman–Crippen MR) is 94.2 cm³/mol. The van der Waals surface area contributed by atoms with Crippen molar-refractivity contribution >= 4 is 11.6 Å². The minimum absolute atomic E-state index is 0.0103. The fourth-order valence-electron chi connectivity index (χ4n) is 2.44. The highest BCUT2D eigenvalue weighted by Crippen LogP contribution is 2.22. The summed E-state index contributed by atoms with van der Waals surface area (Å²) in [5.41, 5.74) is 2.09. The standard InChI is InChI=1S/C19H16F3N3O2/c1-13-10-17(24-25(13)15-7-3-2-4-8-15)18(26)23-14-6-5-9-16(11-14)27-12-19(20,21)22/h2-11H,12H2,1H3,(H,23,26). The second-order valence-electron chi connectivity index (χ2n) is 5.80. The van der Waals surface area contributed by atoms with E-state index in [9.17, 15) is 18.0 Å². The highest BCUT2D eigenvalue weighted by Gasteiger charge is 2.28. The molecule has 0 saturated carbocycles. The Labute approximate surface area is 153 Å². The van der Waals surface area contributed by atoms with Gasteiger partial charge in [0.2, 0.25) is 0 Å². The average molecular weight is 375 g/mol. The average Bonchev–Trinajstić information content (AvgIpc) is 3.02. The summed E-state index contributed by atoms with van der Waals surface area (Å²) in [7, 11) is 0. The fourth-order valence-corrected chi connectivity index (χ4v) is 2.44. The summed E-state index contributed by atoms with van der Waals surface area (Å²) in [5.74, 6) is -0.461. The van der Waals surface area contributed by atoms with E-state index >= 15 is 0 Å². The monoisotopic (exact) mass is 375 g/mol. The van der Waals surface area contributed by atoms with Gasteiger partial charge in [-0.05, 0) is 37.3 Å². The summed E-state index contributed by atoms with van der Waals surface area (Å²) in [4.78, 5) is 12.4. The summed E-state index contributed by atoms with van der Waals surface area (Å²) >= 11 is 0. The maximum atomic E-state index is 12.4. The number of anilines is 1. The molecule has 5 nitrogen and oxygen atoms in total. The predicted octanol–water partition coefficient (Wildman–Crippen LogP) is 4.37. The number of halogens is 3. The number of ether oxygens (including phenoxy) is 1. The van der Waals surface area contributed by atoms with Gasteiger partial charge in [0.05, 0.1) is 5.69 Å². The summed E-state index contributed by atoms with van der Waals surface area (Å²) < 4.78 is 43.1. The Morgan fingerprint density at radius 3 is 2.56 bits per heavy atom. The Hall–Kier alpha value is -3.29. The van der Waals surface area contributed by atoms with Crippen molar-refractivity contribution in [2.24, 2.45) is 0 Å². The molecule has 0 aliphatic rings. The van der Waals surface area contributed by atoms with Crippen LogP contribution < -0.4 is 10.1 Å². The van der Waals surface area contributed by atoms with E-state index < -0.39 is 18.7 Å². The Morgan fingerprint density at radius 2 is 1.85 bits per heavy atom. The van der Waals surface area contributed by atoms with Gasteiger partial charge in [0.15, 0.2) is 12.3 Å². The van der Waals surface area contributed by atoms with Crippen LogP contribution in [0.15, 0.2) is 60.7 Å². The van der Waals surface area contributed by atoms with Gasteiger partial charge in [-0.3, -0.25) is 4.79 Å². The molecule has 3 rings (SSSR count). The number of benzene rings is 2. The highest BCUT2D eigenvalue weighted by atomic mass is 19.4. The van der Waals surface area contributed by atoms with Crippen LogP contribution in [-0.2, 0) is 0 Å². The molecule has 0 fully saturated rings. The molecule has 0 spiro atoms. The first-order valence-electron chi connectivity index (χ1n) is 8.05. The molecule has 1 amide bonds. The van der Waals surface area contributed by atoms with Gasteiger partial charge in [0.1, 0.15) is 5.75 Å². The Balaban J connectivity index is 1.73. The number of aryl methyl sites for hydroxylation is 1. The molecule has 0 saturated heterocycles. The number of nitrogens with one attached hydrogen (secondary N) is 1. The van der Waals surface area contributed by atoms with E-state index in [0.29, 0.717) is 5.69 Å². The highest BCUT2D eigenvalue weighted by molar-refractivity contribution is 6.03. The summed E-state index contributed by atoms with van der Waals surface area (Å²) in [5, 5.41) is 6.90. The van der Waals surface area contributed by atoms with Crippen molar-refractivity contribution in [1.82, 2.24) is 9.78 Å². The first-order chi connectivity index (χ1) is 12.8. The number of carbonyl (C=O) groups excluding carboxylic acids is 1. The molecule has 0 bridgehead atoms. The zero-order valence-corrected chi connectivity index (χ0v) is 14.3. The summed E-state index contributed by atoms with van der Waals surface area (Å²) in [6.07, 6.45) is -4.43. The van der Waals surface area contributed by atoms with Gasteiger partial charge in [-0.1, -0.05) is 24.3 Å². The fraction of sp³-hybridized carbons (Fsp3) is 0.158. The van der Waals surface area contributed by atoms with Gasteiger partial charge >= 0.3 is 6.18 Å². The molecule has 0 aliphatic heterocycles. The van der Waals surface area contributed by atoms with Crippen molar-refractivity contribution in [3.8, 4) is 11.4 Å². The normalized spacial score (nSPS) is 11.3. The smallest absolute Gasteiger partial charge is 0.422 e. The van der Waals surface area contributed by atoms with E-state index in [-0.39, 0.29) is 11.4 Å². The molecule has 1 heterocycles. The van der Waals surface area contributed by atoms with Crippen molar-refractivity contribution in [2.75, 3.05) is 11.9 Å². The minimum Gasteiger partial charge on any atom is -0.484 e. The lowest BCUT2D eigenvalue weighted by atomic mass is 10.3. The van der Waals surface area contributed by atoms with E-state index in [1.165, 1.54) is 18.2 Å². The van der Waals surface area contributed by atoms with Gasteiger partial charge in [0, 0.05) is 17.4 Å². The van der Waals surface area contributed by atoms with E-state index in [4.69, 9.17) is 0 Å². The van der Waals surface area contributed by atoms with Gasteiger partial charge in [0.25, 0.3) is 5.91 Å². The Morgan fingerprint density at radius 1 is 1.11 bits per heavy atom. The maximum absolute atomic E-state index is 12.4. The first kappa shape index (κ1) is 18.5. The van der Waals surface area contributed by atoms with E-state index in [1.807, 2.05) is 37.3 Å². The lowest BCUT2D eigenvalue weighted by molar-refractivity contribution is -0.153. The minimum atomic E-state index is -4.43. The number of amides is 1. The van der Waals surface area contributed by atoms with Crippen LogP contribution in [0.5, 0.6) is 5.75 Å². The number of alkyl halides is 3. The molecule has 140 valence electrons. The van der Waals surface area contributed by atoms with Crippen LogP contribution >= 0.6 is 0 Å². The van der Waals surface area contributed by atoms with Crippen LogP contribution in [0.2, 0.25) is 0 Å². The number of rotatable bonds is 5. The molecular weight excluding hydrogens is 359 g/mol. The third kappa shape index (κ3) is 4.87. The number of hydrogen-bond acceptors (Lipinski definition) is 3. The number of nitrogens with zero attached hydrogens (tertiary/aromatic N) is 2. The molecule has 8 heteroatoms. The van der Waals surface area contributed by atoms with Crippen LogP contribution in [0.4, 0.5) is 18.9 Å². The third-order valence-electron chi connectivity index (χ3n) is 3.62. The Kier molecular flexibility index (Phi) is 5.16. The van der Waals surface area contributed by atoms with Crippen molar-refractivity contribution in [2.45, 2.75) is 13.1 Å². The van der Waals surface area contributed by atoms with Crippen molar-refractivity contribution in [3.63, 3.8) is 0 Å². The van der Waals surface area contributed by atoms with Gasteiger partial charge in [-0.2, -0.15) is 18.3 Å². The SMILES string of the molecule is Cc1cc(C(=O)Nc2cccc(OCC(F)(F)F)c2)nn1-c1ccccc1. The number of hydrogen-bond donors (Lipinski definition) is 1. The van der Waals surface area contributed by atoms with Crippen molar-refractivity contribution in [3.05, 3.63) is 72.1 Å². The second kappa shape index (κ2) is 7.53. The lowest BCUT2D eigenvalue weighted by Crippen LogP contribution is -2.19. The molecular formula is C19H16F3N3O2. The largest absolute Gasteiger partial charge is 0.484 e. The van der Waals surface area contributed by atoms with E-state index in [1.54, 1.807) is 16.8 Å². The molecule has 1 N–H and O–H groups in total. The zero-order valence-electron chi connectivity index (χ0n) is 14.3. The number of carbonyl (C=O) groups is 1. The molecule has 0 radical (unpaired) electrons. The van der Waals surface area contributed by atoms with Crippen LogP contribution in [-0.4, -0.2) is 28.5 Å². The van der Waals surface area contributed by atoms with Crippen LogP contribution in [0.25, 0.3) is 5.69 Å². The van der Waals surface area contributed by atoms with Gasteiger partial charge < -0.3 is 10.1 Å². The topological polar surface area (TPSA) is 56.1 Å². The van der Waals surface area contributed by atoms with E-state index in [0.717, 1.165) is 11.4 Å². The van der Waals surface area contributed by atoms with Gasteiger partial charge in [-0.25, -0.2) is 4.68 Å². The summed E-state index contributed by atoms with van der Waals surface area (Å²) in [6.45, 7) is 0.424. The molecule has 27 heavy (non-hydrogen) atoms. The number of para-hydroxylation sites is 1. The Bertz CT molecular complexity index is 937. The summed E-state index contributed by atoms with van der Waals surface area (Å²) in [6, 6.07) is 16.7. The zero-order chi connectivity index (χ0) is 19.4.